The number of benzene rings is 4. The molecular weight excluding hydrogens is 446 g/mol. The monoisotopic (exact) mass is 454 g/mol. The van der Waals surface area contributed by atoms with E-state index in [1.54, 1.807) is 0 Å². The summed E-state index contributed by atoms with van der Waals surface area (Å²) in [6.45, 7) is -2.23. The Morgan fingerprint density at radius 3 is 1.34 bits per heavy atom. The second kappa shape index (κ2) is 7.92. The fourth-order valence-electron chi connectivity index (χ4n) is 3.68. The first-order valence-electron chi connectivity index (χ1n) is 8.96. The fourth-order valence-corrected chi connectivity index (χ4v) is 3.68. The van der Waals surface area contributed by atoms with Crippen LogP contribution in [0.2, 0.25) is 0 Å². The molecule has 0 amide bonds. The maximum Gasteiger partial charge on any atom is 0.257 e. The predicted molar refractivity (Wildman–Crippen MR) is 101 cm³/mol. The lowest BCUT2D eigenvalue weighted by molar-refractivity contribution is 0.500. The average molecular weight is 454 g/mol. The van der Waals surface area contributed by atoms with Crippen molar-refractivity contribution in [3.05, 3.63) is 101 Å². The van der Waals surface area contributed by atoms with Crippen molar-refractivity contribution in [2.45, 2.75) is 0 Å². The average Bonchev–Trinajstić information content (AvgIpc) is 2.75. The minimum Gasteiger partial charge on any atom is -0.207 e. The summed E-state index contributed by atoms with van der Waals surface area (Å²) in [6, 6.07) is 4.56. The summed E-state index contributed by atoms with van der Waals surface area (Å²) in [4.78, 5) is 0. The third kappa shape index (κ3) is 3.30. The number of hydrogen-bond acceptors (Lipinski definition) is 0. The van der Waals surface area contributed by atoms with Crippen LogP contribution in [-0.4, -0.2) is 6.71 Å². The third-order valence-corrected chi connectivity index (χ3v) is 5.10. The highest BCUT2D eigenvalue weighted by molar-refractivity contribution is 6.97. The van der Waals surface area contributed by atoms with Gasteiger partial charge in [0.2, 0.25) is 0 Å². The van der Waals surface area contributed by atoms with Gasteiger partial charge in [0, 0.05) is 10.9 Å². The molecule has 0 spiro atoms. The van der Waals surface area contributed by atoms with E-state index in [0.717, 1.165) is 12.1 Å². The van der Waals surface area contributed by atoms with Gasteiger partial charge in [0.1, 0.15) is 17.5 Å². The summed E-state index contributed by atoms with van der Waals surface area (Å²) in [5.74, 6) is -14.2. The van der Waals surface area contributed by atoms with Gasteiger partial charge in [-0.25, -0.2) is 39.5 Å². The van der Waals surface area contributed by atoms with Gasteiger partial charge in [0.15, 0.2) is 34.9 Å². The number of fused-ring (bicyclic) bond motifs is 1. The SMILES string of the molecule is Fc1ccc(F)c(B(c2c(F)ccc(F)c2F)c2ccc(F)c3c(F)c(F)ccc23)c1F. The summed E-state index contributed by atoms with van der Waals surface area (Å²) >= 11 is 0. The molecule has 0 N–H and O–H groups in total. The maximum absolute atomic E-state index is 14.7. The summed E-state index contributed by atoms with van der Waals surface area (Å²) < 4.78 is 129. The van der Waals surface area contributed by atoms with Crippen LogP contribution in [0.5, 0.6) is 0 Å². The molecule has 0 unspecified atom stereocenters. The van der Waals surface area contributed by atoms with Crippen LogP contribution in [0.25, 0.3) is 10.8 Å². The first-order valence-corrected chi connectivity index (χ1v) is 8.96. The third-order valence-electron chi connectivity index (χ3n) is 5.10. The van der Waals surface area contributed by atoms with Gasteiger partial charge in [-0.2, -0.15) is 0 Å². The molecule has 0 aliphatic heterocycles. The van der Waals surface area contributed by atoms with Crippen LogP contribution in [0.3, 0.4) is 0 Å². The Kier molecular flexibility index (Phi) is 5.40. The molecule has 4 rings (SSSR count). The Balaban J connectivity index is 2.20. The first kappa shape index (κ1) is 21.8. The molecule has 10 heteroatoms. The second-order valence-corrected chi connectivity index (χ2v) is 6.87. The molecule has 4 aromatic rings. The van der Waals surface area contributed by atoms with Crippen LogP contribution in [0.4, 0.5) is 39.5 Å². The largest absolute Gasteiger partial charge is 0.257 e. The Morgan fingerprint density at radius 1 is 0.406 bits per heavy atom. The molecular formula is C22H8BF9. The van der Waals surface area contributed by atoms with Gasteiger partial charge >= 0.3 is 0 Å². The smallest absolute Gasteiger partial charge is 0.207 e. The van der Waals surface area contributed by atoms with E-state index in [0.29, 0.717) is 36.4 Å². The van der Waals surface area contributed by atoms with Crippen LogP contribution in [0.1, 0.15) is 0 Å². The number of hydrogen-bond donors (Lipinski definition) is 0. The van der Waals surface area contributed by atoms with E-state index in [1.807, 2.05) is 0 Å². The van der Waals surface area contributed by atoms with E-state index < -0.39 is 86.2 Å². The predicted octanol–water partition coefficient (Wildman–Crippen LogP) is 4.61. The Morgan fingerprint density at radius 2 is 0.812 bits per heavy atom. The van der Waals surface area contributed by atoms with Gasteiger partial charge in [-0.05, 0) is 41.8 Å². The molecule has 162 valence electrons. The van der Waals surface area contributed by atoms with E-state index in [2.05, 4.69) is 0 Å². The summed E-state index contributed by atoms with van der Waals surface area (Å²) in [5, 5.41) is -1.48. The van der Waals surface area contributed by atoms with Crippen molar-refractivity contribution in [1.82, 2.24) is 0 Å². The summed E-state index contributed by atoms with van der Waals surface area (Å²) in [5.41, 5.74) is -2.98. The molecule has 0 heterocycles. The molecule has 0 saturated carbocycles. The van der Waals surface area contributed by atoms with Crippen LogP contribution < -0.4 is 16.4 Å². The minimum atomic E-state index is -2.23. The summed E-state index contributed by atoms with van der Waals surface area (Å²) in [7, 11) is 0. The lowest BCUT2D eigenvalue weighted by atomic mass is 9.35. The van der Waals surface area contributed by atoms with Crippen molar-refractivity contribution in [3.63, 3.8) is 0 Å². The highest BCUT2D eigenvalue weighted by Crippen LogP contribution is 2.23. The fraction of sp³-hybridized carbons (Fsp3) is 0. The van der Waals surface area contributed by atoms with Crippen molar-refractivity contribution in [1.29, 1.82) is 0 Å². The van der Waals surface area contributed by atoms with Crippen molar-refractivity contribution in [2.75, 3.05) is 0 Å². The molecule has 32 heavy (non-hydrogen) atoms. The van der Waals surface area contributed by atoms with E-state index in [4.69, 9.17) is 0 Å². The highest BCUT2D eigenvalue weighted by atomic mass is 19.2. The van der Waals surface area contributed by atoms with Crippen molar-refractivity contribution < 1.29 is 39.5 Å². The van der Waals surface area contributed by atoms with E-state index >= 15 is 0 Å². The molecule has 0 aromatic heterocycles. The molecule has 0 aliphatic rings. The Labute approximate surface area is 175 Å². The van der Waals surface area contributed by atoms with Crippen molar-refractivity contribution in [3.8, 4) is 0 Å². The molecule has 0 fully saturated rings. The minimum absolute atomic E-state index is 0.418. The molecule has 0 saturated heterocycles. The van der Waals surface area contributed by atoms with Gasteiger partial charge in [-0.15, -0.1) is 0 Å². The highest BCUT2D eigenvalue weighted by Gasteiger charge is 2.36. The maximum atomic E-state index is 14.7. The second-order valence-electron chi connectivity index (χ2n) is 6.87. The normalized spacial score (nSPS) is 11.3. The zero-order valence-electron chi connectivity index (χ0n) is 15.6. The first-order chi connectivity index (χ1) is 15.1. The molecule has 0 bridgehead atoms. The zero-order chi connectivity index (χ0) is 23.3. The Bertz CT molecular complexity index is 1330. The lowest BCUT2D eigenvalue weighted by Gasteiger charge is -2.21. The van der Waals surface area contributed by atoms with Gasteiger partial charge < -0.3 is 0 Å². The molecule has 0 atom stereocenters. The number of rotatable bonds is 3. The van der Waals surface area contributed by atoms with Crippen molar-refractivity contribution >= 4 is 33.9 Å². The van der Waals surface area contributed by atoms with Crippen LogP contribution in [0.15, 0.2) is 48.5 Å². The molecule has 0 radical (unpaired) electrons. The quantitative estimate of drug-likeness (QED) is 0.241. The van der Waals surface area contributed by atoms with Crippen molar-refractivity contribution in [2.24, 2.45) is 0 Å². The van der Waals surface area contributed by atoms with E-state index in [-0.39, 0.29) is 0 Å². The van der Waals surface area contributed by atoms with E-state index in [9.17, 15) is 39.5 Å². The molecule has 0 nitrogen and oxygen atoms in total. The van der Waals surface area contributed by atoms with Gasteiger partial charge in [-0.1, -0.05) is 17.6 Å². The summed E-state index contributed by atoms with van der Waals surface area (Å²) in [6.07, 6.45) is 0. The lowest BCUT2D eigenvalue weighted by Crippen LogP contribution is -2.57. The molecule has 0 aliphatic carbocycles. The Hall–Kier alpha value is -3.43. The van der Waals surface area contributed by atoms with Crippen LogP contribution in [0, 0.1) is 52.4 Å². The van der Waals surface area contributed by atoms with E-state index in [1.165, 1.54) is 0 Å². The van der Waals surface area contributed by atoms with Crippen LogP contribution in [-0.2, 0) is 0 Å². The topological polar surface area (TPSA) is 0 Å². The van der Waals surface area contributed by atoms with Gasteiger partial charge in [-0.3, -0.25) is 0 Å². The molecule has 4 aromatic carbocycles. The van der Waals surface area contributed by atoms with Gasteiger partial charge in [0.25, 0.3) is 6.71 Å². The standard InChI is InChI=1S/C22H8BF9/c24-11-4-2-10(9-1-3-14(27)20(30)17(9)11)23(18-12(25)5-7-15(28)21(18)31)19-13(26)6-8-16(29)22(19)32/h1-8H. The van der Waals surface area contributed by atoms with Crippen LogP contribution >= 0.6 is 0 Å². The number of halogens is 9. The van der Waals surface area contributed by atoms with Gasteiger partial charge in [0.05, 0.1) is 5.39 Å². The zero-order valence-corrected chi connectivity index (χ0v) is 15.6.